The van der Waals surface area contributed by atoms with Gasteiger partial charge in [-0.15, -0.1) is 0 Å². The lowest BCUT2D eigenvalue weighted by Gasteiger charge is -2.18. The number of halogens is 2. The summed E-state index contributed by atoms with van der Waals surface area (Å²) in [4.78, 5) is 11.8. The van der Waals surface area contributed by atoms with Crippen LogP contribution in [0.2, 0.25) is 0 Å². The van der Waals surface area contributed by atoms with Crippen molar-refractivity contribution in [3.05, 3.63) is 35.9 Å². The van der Waals surface area contributed by atoms with Crippen LogP contribution in [0.25, 0.3) is 0 Å². The van der Waals surface area contributed by atoms with Crippen LogP contribution in [0.15, 0.2) is 30.3 Å². The average molecular weight is 319 g/mol. The van der Waals surface area contributed by atoms with Gasteiger partial charge in [0.05, 0.1) is 12.2 Å². The number of carbonyl (C=O) groups excluding carboxylic acids is 1. The van der Waals surface area contributed by atoms with Crippen LogP contribution in [-0.4, -0.2) is 41.1 Å². The van der Waals surface area contributed by atoms with Crippen molar-refractivity contribution in [2.75, 3.05) is 6.61 Å². The predicted octanol–water partition coefficient (Wildman–Crippen LogP) is 1.66. The minimum absolute atomic E-state index is 0.333. The van der Waals surface area contributed by atoms with Crippen LogP contribution in [0.5, 0.6) is 0 Å². The van der Waals surface area contributed by atoms with Crippen LogP contribution in [0.3, 0.4) is 0 Å². The Kier molecular flexibility index (Phi) is 4.31. The summed E-state index contributed by atoms with van der Waals surface area (Å²) < 4.78 is 23.9. The van der Waals surface area contributed by atoms with Crippen LogP contribution in [0, 0.1) is 0 Å². The van der Waals surface area contributed by atoms with Gasteiger partial charge in [0.2, 0.25) is 0 Å². The van der Waals surface area contributed by atoms with E-state index in [0.717, 1.165) is 0 Å². The molecule has 0 aromatic heterocycles. The summed E-state index contributed by atoms with van der Waals surface area (Å²) in [6, 6.07) is 8.28. The molecule has 4 atom stereocenters. The van der Waals surface area contributed by atoms with E-state index in [1.165, 1.54) is 0 Å². The lowest BCUT2D eigenvalue weighted by Crippen LogP contribution is -2.35. The molecule has 1 aromatic carbocycles. The molecule has 1 aromatic rings. The Morgan fingerprint density at radius 2 is 2.11 bits per heavy atom. The van der Waals surface area contributed by atoms with Gasteiger partial charge in [0.25, 0.3) is 0 Å². The maximum atomic E-state index is 13.7. The van der Waals surface area contributed by atoms with E-state index in [1.807, 2.05) is 0 Å². The molecule has 1 saturated heterocycles. The van der Waals surface area contributed by atoms with E-state index in [2.05, 4.69) is 15.9 Å². The molecule has 0 saturated carbocycles. The van der Waals surface area contributed by atoms with Gasteiger partial charge in [0.1, 0.15) is 11.1 Å². The molecular weight excluding hydrogens is 307 g/mol. The highest BCUT2D eigenvalue weighted by Crippen LogP contribution is 2.30. The van der Waals surface area contributed by atoms with E-state index >= 15 is 0 Å². The van der Waals surface area contributed by atoms with Crippen molar-refractivity contribution in [3.63, 3.8) is 0 Å². The van der Waals surface area contributed by atoms with E-state index in [0.29, 0.717) is 5.56 Å². The Bertz CT molecular complexity index is 414. The third-order valence-corrected chi connectivity index (χ3v) is 3.39. The van der Waals surface area contributed by atoms with Crippen LogP contribution in [0.4, 0.5) is 4.39 Å². The zero-order valence-corrected chi connectivity index (χ0v) is 10.9. The van der Waals surface area contributed by atoms with E-state index in [9.17, 15) is 9.18 Å². The minimum Gasteiger partial charge on any atom is -0.453 e. The number of hydrogen-bond donors (Lipinski definition) is 1. The van der Waals surface area contributed by atoms with Gasteiger partial charge in [-0.1, -0.05) is 34.1 Å². The highest BCUT2D eigenvalue weighted by Gasteiger charge is 2.46. The van der Waals surface area contributed by atoms with Crippen molar-refractivity contribution < 1.29 is 23.8 Å². The molecule has 1 heterocycles. The highest BCUT2D eigenvalue weighted by atomic mass is 79.9. The molecule has 0 bridgehead atoms. The molecule has 2 rings (SSSR count). The van der Waals surface area contributed by atoms with Crippen molar-refractivity contribution in [2.45, 2.75) is 23.4 Å². The topological polar surface area (TPSA) is 55.8 Å². The Morgan fingerprint density at radius 1 is 1.44 bits per heavy atom. The Labute approximate surface area is 112 Å². The quantitative estimate of drug-likeness (QED) is 0.680. The van der Waals surface area contributed by atoms with Gasteiger partial charge in [0.15, 0.2) is 12.3 Å². The Hall–Kier alpha value is -0.980. The van der Waals surface area contributed by atoms with E-state index in [4.69, 9.17) is 14.6 Å². The first kappa shape index (κ1) is 13.5. The molecule has 0 amide bonds. The third-order valence-electron chi connectivity index (χ3n) is 2.67. The third kappa shape index (κ3) is 2.71. The number of aliphatic hydroxyl groups is 1. The zero-order chi connectivity index (χ0) is 13.1. The number of hydrogen-bond acceptors (Lipinski definition) is 4. The molecule has 1 aliphatic heterocycles. The van der Waals surface area contributed by atoms with Crippen molar-refractivity contribution in [1.29, 1.82) is 0 Å². The summed E-state index contributed by atoms with van der Waals surface area (Å²) in [5.41, 5.74) is 0.333. The second-order valence-electron chi connectivity index (χ2n) is 3.89. The molecule has 4 nitrogen and oxygen atoms in total. The molecular formula is C12H12BrFO4. The fourth-order valence-electron chi connectivity index (χ4n) is 1.73. The lowest BCUT2D eigenvalue weighted by molar-refractivity contribution is -0.0262. The smallest absolute Gasteiger partial charge is 0.338 e. The number of alkyl halides is 2. The Morgan fingerprint density at radius 3 is 2.72 bits per heavy atom. The van der Waals surface area contributed by atoms with Crippen molar-refractivity contribution in [2.24, 2.45) is 0 Å². The summed E-state index contributed by atoms with van der Waals surface area (Å²) >= 11 is 2.97. The lowest BCUT2D eigenvalue weighted by atomic mass is 10.1. The number of esters is 1. The zero-order valence-electron chi connectivity index (χ0n) is 9.33. The summed E-state index contributed by atoms with van der Waals surface area (Å²) in [7, 11) is 0. The molecule has 18 heavy (non-hydrogen) atoms. The number of benzene rings is 1. The molecule has 6 heteroatoms. The molecule has 1 aliphatic rings. The largest absolute Gasteiger partial charge is 0.453 e. The Balaban J connectivity index is 2.06. The molecule has 98 valence electrons. The number of aliphatic hydroxyl groups excluding tert-OH is 1. The number of rotatable bonds is 3. The van der Waals surface area contributed by atoms with E-state index in [-0.39, 0.29) is 0 Å². The van der Waals surface area contributed by atoms with Crippen LogP contribution in [-0.2, 0) is 9.47 Å². The van der Waals surface area contributed by atoms with Gasteiger partial charge in [-0.3, -0.25) is 0 Å². The molecule has 1 N–H and O–H groups in total. The van der Waals surface area contributed by atoms with Crippen LogP contribution < -0.4 is 0 Å². The second-order valence-corrected chi connectivity index (χ2v) is 4.79. The van der Waals surface area contributed by atoms with Gasteiger partial charge in [-0.25, -0.2) is 9.18 Å². The number of ether oxygens (including phenoxy) is 2. The standard InChI is InChI=1S/C12H12BrFO4/c13-11-9(14)10(8(6-15)17-11)18-12(16)7-4-2-1-3-5-7/h1-5,8-11,15H,6H2/t8-,9+,10-,11+/m1/s1. The fourth-order valence-corrected chi connectivity index (χ4v) is 2.31. The maximum absolute atomic E-state index is 13.7. The molecule has 0 unspecified atom stereocenters. The summed E-state index contributed by atoms with van der Waals surface area (Å²) in [6.07, 6.45) is -3.46. The first-order chi connectivity index (χ1) is 8.63. The average Bonchev–Trinajstić information content (AvgIpc) is 2.67. The van der Waals surface area contributed by atoms with Gasteiger partial charge < -0.3 is 14.6 Å². The predicted molar refractivity (Wildman–Crippen MR) is 65.2 cm³/mol. The van der Waals surface area contributed by atoms with E-state index in [1.54, 1.807) is 30.3 Å². The summed E-state index contributed by atoms with van der Waals surface area (Å²) in [6.45, 7) is -0.407. The minimum atomic E-state index is -1.50. The monoisotopic (exact) mass is 318 g/mol. The van der Waals surface area contributed by atoms with Crippen LogP contribution >= 0.6 is 15.9 Å². The van der Waals surface area contributed by atoms with E-state index < -0.39 is 36.0 Å². The van der Waals surface area contributed by atoms with Gasteiger partial charge >= 0.3 is 5.97 Å². The summed E-state index contributed by atoms with van der Waals surface area (Å²) in [5, 5.41) is 8.18. The molecule has 0 radical (unpaired) electrons. The first-order valence-electron chi connectivity index (χ1n) is 5.44. The number of carbonyl (C=O) groups is 1. The molecule has 1 fully saturated rings. The van der Waals surface area contributed by atoms with Crippen LogP contribution in [0.1, 0.15) is 10.4 Å². The van der Waals surface area contributed by atoms with Gasteiger partial charge in [0, 0.05) is 0 Å². The molecule has 0 spiro atoms. The molecule has 0 aliphatic carbocycles. The first-order valence-corrected chi connectivity index (χ1v) is 6.35. The van der Waals surface area contributed by atoms with Gasteiger partial charge in [-0.05, 0) is 12.1 Å². The van der Waals surface area contributed by atoms with Gasteiger partial charge in [-0.2, -0.15) is 0 Å². The normalized spacial score (nSPS) is 31.3. The summed E-state index contributed by atoms with van der Waals surface area (Å²) in [5.74, 6) is -0.633. The highest BCUT2D eigenvalue weighted by molar-refractivity contribution is 9.09. The van der Waals surface area contributed by atoms with Crippen molar-refractivity contribution in [3.8, 4) is 0 Å². The fraction of sp³-hybridized carbons (Fsp3) is 0.417. The van der Waals surface area contributed by atoms with Crippen molar-refractivity contribution >= 4 is 21.9 Å². The second kappa shape index (κ2) is 5.77. The SMILES string of the molecule is O=C(O[C@H]1[C@H](F)[C@@H](Br)O[C@@H]1CO)c1ccccc1. The maximum Gasteiger partial charge on any atom is 0.338 e. The van der Waals surface area contributed by atoms with Crippen molar-refractivity contribution in [1.82, 2.24) is 0 Å².